The summed E-state index contributed by atoms with van der Waals surface area (Å²) in [5.41, 5.74) is 5.70. The first-order valence-corrected chi connectivity index (χ1v) is 14.5. The highest BCUT2D eigenvalue weighted by Crippen LogP contribution is 2.34. The molecule has 206 valence electrons. The molecule has 2 N–H and O–H groups in total. The van der Waals surface area contributed by atoms with Crippen LogP contribution in [0, 0.1) is 11.8 Å². The average molecular weight is 522 g/mol. The van der Waals surface area contributed by atoms with Gasteiger partial charge in [-0.25, -0.2) is 4.98 Å². The predicted molar refractivity (Wildman–Crippen MR) is 148 cm³/mol. The second-order valence-corrected chi connectivity index (χ2v) is 11.5. The van der Waals surface area contributed by atoms with Gasteiger partial charge >= 0.3 is 5.97 Å². The smallest absolute Gasteiger partial charge is 0.325 e. The molecule has 5 rings (SSSR count). The van der Waals surface area contributed by atoms with Crippen molar-refractivity contribution in [3.63, 3.8) is 0 Å². The van der Waals surface area contributed by atoms with Crippen molar-refractivity contribution in [2.24, 2.45) is 11.8 Å². The summed E-state index contributed by atoms with van der Waals surface area (Å²) in [4.78, 5) is 19.5. The molecule has 0 unspecified atom stereocenters. The van der Waals surface area contributed by atoms with Crippen molar-refractivity contribution in [1.82, 2.24) is 9.88 Å². The minimum absolute atomic E-state index is 0.0805. The molecule has 0 bridgehead atoms. The Balaban J connectivity index is 1.14. The molecule has 0 spiro atoms. The molecule has 3 atom stereocenters. The summed E-state index contributed by atoms with van der Waals surface area (Å²) >= 11 is 0. The summed E-state index contributed by atoms with van der Waals surface area (Å²) in [7, 11) is 0. The fourth-order valence-corrected chi connectivity index (χ4v) is 6.14. The van der Waals surface area contributed by atoms with Gasteiger partial charge in [0, 0.05) is 31.9 Å². The molecule has 3 aliphatic rings. The van der Waals surface area contributed by atoms with Crippen molar-refractivity contribution in [2.75, 3.05) is 38.2 Å². The van der Waals surface area contributed by atoms with Gasteiger partial charge in [0.05, 0.1) is 19.3 Å². The minimum atomic E-state index is -0.780. The molecule has 2 aromatic rings. The van der Waals surface area contributed by atoms with Gasteiger partial charge in [0.25, 0.3) is 0 Å². The number of rotatable bonds is 10. The van der Waals surface area contributed by atoms with Crippen molar-refractivity contribution in [3.05, 3.63) is 58.3 Å². The molecular formula is C31H43N3O4. The first kappa shape index (κ1) is 27.1. The maximum atomic E-state index is 12.6. The highest BCUT2D eigenvalue weighted by molar-refractivity contribution is 5.76. The average Bonchev–Trinajstić information content (AvgIpc) is 3.24. The number of ether oxygens (including phenoxy) is 2. The molecule has 7 nitrogen and oxygen atoms in total. The van der Waals surface area contributed by atoms with Crippen LogP contribution in [0.25, 0.3) is 0 Å². The predicted octanol–water partition coefficient (Wildman–Crippen LogP) is 5.02. The van der Waals surface area contributed by atoms with Crippen molar-refractivity contribution in [1.29, 1.82) is 0 Å². The Morgan fingerprint density at radius 2 is 2.13 bits per heavy atom. The highest BCUT2D eigenvalue weighted by atomic mass is 16.5. The van der Waals surface area contributed by atoms with E-state index < -0.39 is 12.0 Å². The second-order valence-electron chi connectivity index (χ2n) is 11.5. The van der Waals surface area contributed by atoms with Crippen LogP contribution in [-0.4, -0.2) is 59.9 Å². The lowest BCUT2D eigenvalue weighted by molar-refractivity contribution is -0.143. The summed E-state index contributed by atoms with van der Waals surface area (Å²) in [6.07, 6.45) is 7.09. The number of nitrogens with zero attached hydrogens (tertiary/aromatic N) is 2. The maximum absolute atomic E-state index is 12.6. The van der Waals surface area contributed by atoms with Gasteiger partial charge in [0.15, 0.2) is 0 Å². The Kier molecular flexibility index (Phi) is 8.97. The molecule has 1 aromatic heterocycles. The Morgan fingerprint density at radius 1 is 1.24 bits per heavy atom. The normalized spacial score (nSPS) is 22.4. The Bertz CT molecular complexity index is 1100. The van der Waals surface area contributed by atoms with Gasteiger partial charge in [-0.3, -0.25) is 9.69 Å². The van der Waals surface area contributed by atoms with Crippen molar-refractivity contribution < 1.29 is 19.4 Å². The zero-order chi connectivity index (χ0) is 26.5. The number of aromatic nitrogens is 1. The quantitative estimate of drug-likeness (QED) is 0.425. The number of pyridine rings is 1. The zero-order valence-corrected chi connectivity index (χ0v) is 23.0. The first-order valence-electron chi connectivity index (χ1n) is 14.5. The second kappa shape index (κ2) is 12.6. The van der Waals surface area contributed by atoms with E-state index in [0.29, 0.717) is 31.6 Å². The lowest BCUT2D eigenvalue weighted by Gasteiger charge is -2.28. The summed E-state index contributed by atoms with van der Waals surface area (Å²) in [5.74, 6) is 1.17. The van der Waals surface area contributed by atoms with E-state index in [2.05, 4.69) is 42.3 Å². The van der Waals surface area contributed by atoms with Gasteiger partial charge in [-0.15, -0.1) is 0 Å². The fourth-order valence-electron chi connectivity index (χ4n) is 6.14. The van der Waals surface area contributed by atoms with Gasteiger partial charge in [-0.05, 0) is 85.1 Å². The molecule has 0 aliphatic carbocycles. The van der Waals surface area contributed by atoms with Gasteiger partial charge in [-0.2, -0.15) is 0 Å². The number of nitrogens with one attached hydrogen (secondary N) is 1. The largest absolute Gasteiger partial charge is 0.480 e. The number of aliphatic carboxylic acids is 1. The number of carboxylic acids is 1. The minimum Gasteiger partial charge on any atom is -0.480 e. The topological polar surface area (TPSA) is 83.9 Å². The van der Waals surface area contributed by atoms with E-state index in [9.17, 15) is 9.90 Å². The van der Waals surface area contributed by atoms with Crippen LogP contribution in [0.2, 0.25) is 0 Å². The third-order valence-corrected chi connectivity index (χ3v) is 8.51. The van der Waals surface area contributed by atoms with Crippen molar-refractivity contribution >= 4 is 11.8 Å². The maximum Gasteiger partial charge on any atom is 0.325 e. The van der Waals surface area contributed by atoms with Crippen molar-refractivity contribution in [3.8, 4) is 0 Å². The van der Waals surface area contributed by atoms with E-state index in [1.165, 1.54) is 17.5 Å². The number of unbranched alkanes of at least 4 members (excludes halogenated alkanes) is 1. The Morgan fingerprint density at radius 3 is 2.97 bits per heavy atom. The molecule has 7 heteroatoms. The number of hydrogen-bond donors (Lipinski definition) is 2. The molecular weight excluding hydrogens is 478 g/mol. The molecule has 0 saturated carbocycles. The molecule has 1 aromatic carbocycles. The van der Waals surface area contributed by atoms with Crippen LogP contribution in [0.15, 0.2) is 30.3 Å². The van der Waals surface area contributed by atoms with Crippen LogP contribution in [0.5, 0.6) is 0 Å². The van der Waals surface area contributed by atoms with E-state index in [1.807, 2.05) is 12.1 Å². The van der Waals surface area contributed by atoms with E-state index in [0.717, 1.165) is 80.9 Å². The van der Waals surface area contributed by atoms with Crippen LogP contribution in [0.4, 0.5) is 5.82 Å². The van der Waals surface area contributed by atoms with Gasteiger partial charge in [0.2, 0.25) is 0 Å². The number of anilines is 1. The van der Waals surface area contributed by atoms with Crippen LogP contribution in [0.3, 0.4) is 0 Å². The highest BCUT2D eigenvalue weighted by Gasteiger charge is 2.36. The fraction of sp³-hybridized carbons (Fsp3) is 0.613. The monoisotopic (exact) mass is 521 g/mol. The number of fused-ring (bicyclic) bond motifs is 2. The standard InChI is InChI=1S/C31H43N3O4/c1-21(2)24-17-28-23(19-37-20-24)7-5-10-27(28)29(31(35)36)34-15-13-26(18-34)38-16-4-3-9-25-12-11-22-8-6-14-32-30(22)33-25/h5,7,10-12,21,24,26,29H,3-4,6,8-9,13-20H2,1-2H3,(H,32,33)(H,35,36)/t24-,26+,29-/m0/s1. The molecule has 0 radical (unpaired) electrons. The van der Waals surface area contributed by atoms with Crippen molar-refractivity contribution in [2.45, 2.75) is 77.5 Å². The number of likely N-dealkylation sites (tertiary alicyclic amines) is 1. The van der Waals surface area contributed by atoms with Crippen LogP contribution in [0.1, 0.15) is 73.5 Å². The zero-order valence-electron chi connectivity index (χ0n) is 23.0. The lowest BCUT2D eigenvalue weighted by Crippen LogP contribution is -2.34. The number of hydrogen-bond acceptors (Lipinski definition) is 6. The lowest BCUT2D eigenvalue weighted by atomic mass is 9.85. The number of carboxylic acid groups (broad SMARTS) is 1. The molecule has 0 amide bonds. The van der Waals surface area contributed by atoms with Gasteiger partial charge in [-0.1, -0.05) is 38.1 Å². The third kappa shape index (κ3) is 6.38. The van der Waals surface area contributed by atoms with E-state index in [4.69, 9.17) is 14.5 Å². The number of benzene rings is 1. The molecule has 1 saturated heterocycles. The summed E-state index contributed by atoms with van der Waals surface area (Å²) in [6, 6.07) is 9.82. The van der Waals surface area contributed by atoms with Crippen LogP contribution < -0.4 is 5.32 Å². The Labute approximate surface area is 226 Å². The summed E-state index contributed by atoms with van der Waals surface area (Å²) in [5, 5.41) is 13.7. The van der Waals surface area contributed by atoms with E-state index in [-0.39, 0.29) is 6.10 Å². The summed E-state index contributed by atoms with van der Waals surface area (Å²) < 4.78 is 12.2. The van der Waals surface area contributed by atoms with E-state index >= 15 is 0 Å². The molecule has 4 heterocycles. The van der Waals surface area contributed by atoms with Crippen LogP contribution >= 0.6 is 0 Å². The van der Waals surface area contributed by atoms with Gasteiger partial charge in [0.1, 0.15) is 11.9 Å². The Hall–Kier alpha value is -2.48. The van der Waals surface area contributed by atoms with E-state index in [1.54, 1.807) is 0 Å². The third-order valence-electron chi connectivity index (χ3n) is 8.51. The number of aryl methyl sites for hydroxylation is 2. The first-order chi connectivity index (χ1) is 18.5. The molecule has 38 heavy (non-hydrogen) atoms. The molecule has 1 fully saturated rings. The SMILES string of the molecule is CC(C)[C@@H]1COCc2cccc([C@@H](C(=O)O)N3CC[C@@H](OCCCCc4ccc5c(n4)NCCC5)C3)c2C1. The van der Waals surface area contributed by atoms with Gasteiger partial charge < -0.3 is 19.9 Å². The summed E-state index contributed by atoms with van der Waals surface area (Å²) in [6.45, 7) is 8.83. The van der Waals surface area contributed by atoms with Crippen LogP contribution in [-0.2, 0) is 40.1 Å². The number of carbonyl (C=O) groups is 1. The molecule has 3 aliphatic heterocycles.